The summed E-state index contributed by atoms with van der Waals surface area (Å²) in [6.07, 6.45) is 5.62. The second kappa shape index (κ2) is 8.21. The fourth-order valence-electron chi connectivity index (χ4n) is 1.19. The Morgan fingerprint density at radius 1 is 1.33 bits per heavy atom. The Balaban J connectivity index is 3.53. The van der Waals surface area contributed by atoms with Crippen molar-refractivity contribution in [2.75, 3.05) is 6.61 Å². The van der Waals surface area contributed by atoms with Crippen LogP contribution in [-0.2, 0) is 14.3 Å². The fourth-order valence-corrected chi connectivity index (χ4v) is 1.19. The fraction of sp³-hybridized carbons (Fsp3) is 0.667. The van der Waals surface area contributed by atoms with Crippen LogP contribution >= 0.6 is 0 Å². The summed E-state index contributed by atoms with van der Waals surface area (Å²) in [5, 5.41) is 0. The molecule has 0 aliphatic heterocycles. The molecule has 1 unspecified atom stereocenters. The van der Waals surface area contributed by atoms with Crippen molar-refractivity contribution in [1.29, 1.82) is 0 Å². The maximum atomic E-state index is 10.5. The molecule has 0 bridgehead atoms. The molecule has 0 heterocycles. The summed E-state index contributed by atoms with van der Waals surface area (Å²) < 4.78 is 4.85. The number of ether oxygens (including phenoxy) is 1. The number of allylic oxidation sites excluding steroid dienone is 2. The van der Waals surface area contributed by atoms with E-state index in [2.05, 4.69) is 6.92 Å². The van der Waals surface area contributed by atoms with E-state index >= 15 is 0 Å². The average Bonchev–Trinajstić information content (AvgIpc) is 2.17. The molecule has 0 saturated heterocycles. The number of carbonyl (C=O) groups is 2. The lowest BCUT2D eigenvalue weighted by atomic mass is 10.0. The number of rotatable bonds is 7. The molecule has 0 N–H and O–H groups in total. The average molecular weight is 212 g/mol. The highest BCUT2D eigenvalue weighted by molar-refractivity contribution is 5.71. The Bertz CT molecular complexity index is 231. The van der Waals surface area contributed by atoms with Crippen LogP contribution in [0.3, 0.4) is 0 Å². The summed E-state index contributed by atoms with van der Waals surface area (Å²) in [4.78, 5) is 20.8. The van der Waals surface area contributed by atoms with E-state index in [0.29, 0.717) is 12.5 Å². The van der Waals surface area contributed by atoms with E-state index in [1.807, 2.05) is 6.08 Å². The molecular formula is C12H20O3. The summed E-state index contributed by atoms with van der Waals surface area (Å²) >= 11 is 0. The van der Waals surface area contributed by atoms with Gasteiger partial charge >= 0.3 is 5.97 Å². The van der Waals surface area contributed by atoms with Crippen LogP contribution in [-0.4, -0.2) is 18.9 Å². The van der Waals surface area contributed by atoms with Crippen molar-refractivity contribution in [1.82, 2.24) is 0 Å². The standard InChI is InChI=1S/C12H20O3/c1-10(7-8-15-12(3)14)5-4-6-11(2)9-13/h6,9-10H,4-5,7-8H2,1-3H3/b11-6+. The molecule has 0 fully saturated rings. The molecule has 0 amide bonds. The van der Waals surface area contributed by atoms with Crippen LogP contribution in [0, 0.1) is 5.92 Å². The third-order valence-electron chi connectivity index (χ3n) is 2.23. The zero-order valence-electron chi connectivity index (χ0n) is 9.79. The molecule has 0 aliphatic carbocycles. The van der Waals surface area contributed by atoms with Crippen LogP contribution in [0.4, 0.5) is 0 Å². The van der Waals surface area contributed by atoms with E-state index in [-0.39, 0.29) is 5.97 Å². The highest BCUT2D eigenvalue weighted by Gasteiger charge is 2.02. The van der Waals surface area contributed by atoms with Gasteiger partial charge in [-0.05, 0) is 37.7 Å². The number of hydrogen-bond donors (Lipinski definition) is 0. The van der Waals surface area contributed by atoms with Gasteiger partial charge in [0, 0.05) is 6.92 Å². The lowest BCUT2D eigenvalue weighted by Gasteiger charge is -2.09. The Morgan fingerprint density at radius 2 is 2.00 bits per heavy atom. The van der Waals surface area contributed by atoms with Gasteiger partial charge in [0.15, 0.2) is 0 Å². The van der Waals surface area contributed by atoms with Crippen LogP contribution in [0.15, 0.2) is 11.6 Å². The molecule has 15 heavy (non-hydrogen) atoms. The quantitative estimate of drug-likeness (QED) is 0.370. The van der Waals surface area contributed by atoms with Crippen molar-refractivity contribution in [3.8, 4) is 0 Å². The first kappa shape index (κ1) is 13.9. The molecule has 0 aliphatic rings. The summed E-state index contributed by atoms with van der Waals surface area (Å²) in [7, 11) is 0. The van der Waals surface area contributed by atoms with Crippen molar-refractivity contribution in [3.05, 3.63) is 11.6 Å². The normalized spacial score (nSPS) is 13.4. The van der Waals surface area contributed by atoms with Gasteiger partial charge in [-0.25, -0.2) is 0 Å². The SMILES string of the molecule is CC(=O)OCCC(C)CC/C=C(\C)C=O. The van der Waals surface area contributed by atoms with Crippen LogP contribution in [0.1, 0.15) is 40.0 Å². The molecule has 0 radical (unpaired) electrons. The minimum absolute atomic E-state index is 0.223. The second-order valence-electron chi connectivity index (χ2n) is 3.88. The molecule has 0 spiro atoms. The highest BCUT2D eigenvalue weighted by atomic mass is 16.5. The Morgan fingerprint density at radius 3 is 2.53 bits per heavy atom. The number of esters is 1. The predicted molar refractivity (Wildman–Crippen MR) is 59.5 cm³/mol. The van der Waals surface area contributed by atoms with Crippen molar-refractivity contribution in [2.24, 2.45) is 5.92 Å². The molecule has 3 heteroatoms. The summed E-state index contributed by atoms with van der Waals surface area (Å²) in [6.45, 7) is 5.83. The lowest BCUT2D eigenvalue weighted by molar-refractivity contribution is -0.141. The Hall–Kier alpha value is -1.12. The Kier molecular flexibility index (Phi) is 7.60. The summed E-state index contributed by atoms with van der Waals surface area (Å²) in [5.74, 6) is 0.291. The van der Waals surface area contributed by atoms with E-state index < -0.39 is 0 Å². The van der Waals surface area contributed by atoms with E-state index in [1.165, 1.54) is 6.92 Å². The third kappa shape index (κ3) is 9.19. The summed E-state index contributed by atoms with van der Waals surface area (Å²) in [5.41, 5.74) is 0.780. The summed E-state index contributed by atoms with van der Waals surface area (Å²) in [6, 6.07) is 0. The minimum Gasteiger partial charge on any atom is -0.466 e. The number of aldehydes is 1. The van der Waals surface area contributed by atoms with Crippen molar-refractivity contribution >= 4 is 12.3 Å². The lowest BCUT2D eigenvalue weighted by Crippen LogP contribution is -2.05. The molecule has 0 aromatic rings. The van der Waals surface area contributed by atoms with Gasteiger partial charge in [0.1, 0.15) is 6.29 Å². The van der Waals surface area contributed by atoms with Crippen molar-refractivity contribution in [2.45, 2.75) is 40.0 Å². The first-order valence-electron chi connectivity index (χ1n) is 5.31. The van der Waals surface area contributed by atoms with Crippen LogP contribution in [0.5, 0.6) is 0 Å². The largest absolute Gasteiger partial charge is 0.466 e. The molecule has 3 nitrogen and oxygen atoms in total. The second-order valence-corrected chi connectivity index (χ2v) is 3.88. The van der Waals surface area contributed by atoms with Crippen LogP contribution in [0.25, 0.3) is 0 Å². The zero-order valence-corrected chi connectivity index (χ0v) is 9.79. The molecule has 0 aromatic heterocycles. The first-order valence-corrected chi connectivity index (χ1v) is 5.31. The van der Waals surface area contributed by atoms with Gasteiger partial charge in [-0.1, -0.05) is 13.0 Å². The van der Waals surface area contributed by atoms with Gasteiger partial charge in [0.05, 0.1) is 6.61 Å². The van der Waals surface area contributed by atoms with E-state index in [1.54, 1.807) is 6.92 Å². The maximum absolute atomic E-state index is 10.5. The topological polar surface area (TPSA) is 43.4 Å². The number of carbonyl (C=O) groups excluding carboxylic acids is 2. The van der Waals surface area contributed by atoms with Gasteiger partial charge in [-0.15, -0.1) is 0 Å². The molecule has 0 saturated carbocycles. The van der Waals surface area contributed by atoms with E-state index in [9.17, 15) is 9.59 Å². The number of hydrogen-bond acceptors (Lipinski definition) is 3. The van der Waals surface area contributed by atoms with Crippen molar-refractivity contribution in [3.63, 3.8) is 0 Å². The van der Waals surface area contributed by atoms with Gasteiger partial charge in [0.25, 0.3) is 0 Å². The van der Waals surface area contributed by atoms with Crippen molar-refractivity contribution < 1.29 is 14.3 Å². The molecular weight excluding hydrogens is 192 g/mol. The predicted octanol–water partition coefficient (Wildman–Crippen LogP) is 2.50. The van der Waals surface area contributed by atoms with Gasteiger partial charge < -0.3 is 4.74 Å². The van der Waals surface area contributed by atoms with Gasteiger partial charge in [-0.3, -0.25) is 9.59 Å². The maximum Gasteiger partial charge on any atom is 0.302 e. The molecule has 0 aromatic carbocycles. The van der Waals surface area contributed by atoms with Crippen LogP contribution < -0.4 is 0 Å². The van der Waals surface area contributed by atoms with E-state index in [4.69, 9.17) is 4.74 Å². The monoisotopic (exact) mass is 212 g/mol. The molecule has 86 valence electrons. The van der Waals surface area contributed by atoms with E-state index in [0.717, 1.165) is 31.1 Å². The third-order valence-corrected chi connectivity index (χ3v) is 2.23. The smallest absolute Gasteiger partial charge is 0.302 e. The van der Waals surface area contributed by atoms with Gasteiger partial charge in [0.2, 0.25) is 0 Å². The van der Waals surface area contributed by atoms with Crippen LogP contribution in [0.2, 0.25) is 0 Å². The molecule has 0 rings (SSSR count). The minimum atomic E-state index is -0.223. The zero-order chi connectivity index (χ0) is 11.7. The first-order chi connectivity index (χ1) is 7.06. The van der Waals surface area contributed by atoms with Gasteiger partial charge in [-0.2, -0.15) is 0 Å². The Labute approximate surface area is 91.5 Å². The molecule has 1 atom stereocenters. The highest BCUT2D eigenvalue weighted by Crippen LogP contribution is 2.11.